The van der Waals surface area contributed by atoms with Crippen LogP contribution < -0.4 is 5.73 Å². The van der Waals surface area contributed by atoms with Gasteiger partial charge in [-0.25, -0.2) is 8.78 Å². The number of halogens is 2. The van der Waals surface area contributed by atoms with Crippen molar-refractivity contribution in [1.29, 1.82) is 0 Å². The molecule has 0 radical (unpaired) electrons. The van der Waals surface area contributed by atoms with Crippen molar-refractivity contribution >= 4 is 17.2 Å². The number of rotatable bonds is 3. The van der Waals surface area contributed by atoms with Crippen molar-refractivity contribution < 1.29 is 18.5 Å². The Morgan fingerprint density at radius 2 is 1.75 bits per heavy atom. The van der Waals surface area contributed by atoms with Crippen LogP contribution >= 0.6 is 0 Å². The number of nitrogens with zero attached hydrogens (tertiary/aromatic N) is 1. The molecule has 2 N–H and O–H groups in total. The zero-order chi connectivity index (χ0) is 14.9. The minimum Gasteiger partial charge on any atom is -0.398 e. The lowest BCUT2D eigenvalue weighted by Gasteiger charge is -2.06. The first-order chi connectivity index (χ1) is 9.41. The quantitative estimate of drug-likeness (QED) is 0.405. The van der Waals surface area contributed by atoms with Gasteiger partial charge < -0.3 is 5.73 Å². The van der Waals surface area contributed by atoms with Crippen molar-refractivity contribution in [3.05, 3.63) is 69.3 Å². The van der Waals surface area contributed by atoms with E-state index < -0.39 is 27.9 Å². The van der Waals surface area contributed by atoms with Gasteiger partial charge >= 0.3 is 0 Å². The Morgan fingerprint density at radius 1 is 1.15 bits per heavy atom. The number of nitro groups is 1. The maximum atomic E-state index is 13.5. The Labute approximate surface area is 111 Å². The third kappa shape index (κ3) is 2.33. The molecule has 0 amide bonds. The lowest BCUT2D eigenvalue weighted by molar-refractivity contribution is -0.384. The van der Waals surface area contributed by atoms with Gasteiger partial charge in [0.2, 0.25) is 5.78 Å². The highest BCUT2D eigenvalue weighted by atomic mass is 19.1. The van der Waals surface area contributed by atoms with Crippen LogP contribution in [-0.2, 0) is 0 Å². The molecule has 0 saturated heterocycles. The topological polar surface area (TPSA) is 86.2 Å². The number of nitro benzene ring substituents is 1. The Morgan fingerprint density at radius 3 is 2.30 bits per heavy atom. The molecule has 2 aromatic carbocycles. The third-order valence-electron chi connectivity index (χ3n) is 2.68. The van der Waals surface area contributed by atoms with Crippen molar-refractivity contribution in [2.75, 3.05) is 5.73 Å². The summed E-state index contributed by atoms with van der Waals surface area (Å²) in [5.74, 6) is -3.15. The van der Waals surface area contributed by atoms with Crippen molar-refractivity contribution in [2.24, 2.45) is 0 Å². The minimum absolute atomic E-state index is 0.0942. The van der Waals surface area contributed by atoms with Gasteiger partial charge in [-0.15, -0.1) is 0 Å². The Balaban J connectivity index is 2.59. The number of anilines is 1. The molecule has 7 heteroatoms. The molecule has 0 atom stereocenters. The van der Waals surface area contributed by atoms with Gasteiger partial charge in [-0.2, -0.15) is 0 Å². The highest BCUT2D eigenvalue weighted by Gasteiger charge is 2.22. The van der Waals surface area contributed by atoms with Crippen LogP contribution in [0.25, 0.3) is 0 Å². The predicted molar refractivity (Wildman–Crippen MR) is 67.3 cm³/mol. The maximum Gasteiger partial charge on any atom is 0.270 e. The number of hydrogen-bond donors (Lipinski definition) is 1. The maximum absolute atomic E-state index is 13.5. The van der Waals surface area contributed by atoms with Crippen LogP contribution in [-0.4, -0.2) is 10.7 Å². The number of hydrogen-bond acceptors (Lipinski definition) is 4. The molecule has 0 bridgehead atoms. The monoisotopic (exact) mass is 278 g/mol. The molecule has 0 spiro atoms. The van der Waals surface area contributed by atoms with Gasteiger partial charge in [-0.1, -0.05) is 6.07 Å². The predicted octanol–water partition coefficient (Wildman–Crippen LogP) is 2.69. The molecule has 20 heavy (non-hydrogen) atoms. The minimum atomic E-state index is -1.05. The van der Waals surface area contributed by atoms with Crippen LogP contribution in [0.5, 0.6) is 0 Å². The summed E-state index contributed by atoms with van der Waals surface area (Å²) in [6.07, 6.45) is 0. The van der Waals surface area contributed by atoms with Gasteiger partial charge in [0.15, 0.2) is 0 Å². The summed E-state index contributed by atoms with van der Waals surface area (Å²) in [6.45, 7) is 0. The van der Waals surface area contributed by atoms with Gasteiger partial charge in [-0.05, 0) is 18.2 Å². The van der Waals surface area contributed by atoms with Crippen molar-refractivity contribution in [3.63, 3.8) is 0 Å². The molecule has 0 unspecified atom stereocenters. The molecular formula is C13H8F2N2O3. The summed E-state index contributed by atoms with van der Waals surface area (Å²) in [5.41, 5.74) is 3.95. The second-order valence-electron chi connectivity index (χ2n) is 3.95. The summed E-state index contributed by atoms with van der Waals surface area (Å²) in [6, 6.07) is 6.09. The number of non-ortho nitro benzene ring substituents is 1. The first-order valence-electron chi connectivity index (χ1n) is 5.44. The van der Waals surface area contributed by atoms with Crippen LogP contribution in [0, 0.1) is 21.7 Å². The van der Waals surface area contributed by atoms with E-state index in [4.69, 9.17) is 5.73 Å². The van der Waals surface area contributed by atoms with E-state index in [1.54, 1.807) is 0 Å². The van der Waals surface area contributed by atoms with Crippen LogP contribution in [0.15, 0.2) is 36.4 Å². The van der Waals surface area contributed by atoms with Crippen molar-refractivity contribution in [2.45, 2.75) is 0 Å². The second-order valence-corrected chi connectivity index (χ2v) is 3.95. The van der Waals surface area contributed by atoms with Gasteiger partial charge in [0, 0.05) is 17.8 Å². The summed E-state index contributed by atoms with van der Waals surface area (Å²) in [5, 5.41) is 10.7. The number of carbonyl (C=O) groups is 1. The van der Waals surface area contributed by atoms with E-state index in [1.807, 2.05) is 0 Å². The first-order valence-corrected chi connectivity index (χ1v) is 5.44. The first kappa shape index (κ1) is 13.6. The fraction of sp³-hybridized carbons (Fsp3) is 0. The Bertz CT molecular complexity index is 697. The summed E-state index contributed by atoms with van der Waals surface area (Å²) >= 11 is 0. The highest BCUT2D eigenvalue weighted by molar-refractivity contribution is 6.12. The molecule has 102 valence electrons. The smallest absolute Gasteiger partial charge is 0.270 e. The SMILES string of the molecule is Nc1ccc([N+](=O)[O-])cc1C(=O)c1c(F)cccc1F. The molecule has 0 aromatic heterocycles. The van der Waals surface area contributed by atoms with Gasteiger partial charge in [0.25, 0.3) is 5.69 Å². The van der Waals surface area contributed by atoms with Gasteiger partial charge in [0.05, 0.1) is 16.1 Å². The zero-order valence-corrected chi connectivity index (χ0v) is 9.97. The molecule has 0 aliphatic rings. The molecule has 0 heterocycles. The van der Waals surface area contributed by atoms with Crippen LogP contribution in [0.4, 0.5) is 20.2 Å². The molecule has 2 aromatic rings. The number of ketones is 1. The van der Waals surface area contributed by atoms with E-state index in [2.05, 4.69) is 0 Å². The second kappa shape index (κ2) is 5.04. The molecule has 5 nitrogen and oxygen atoms in total. The lowest BCUT2D eigenvalue weighted by Crippen LogP contribution is -2.10. The Hall–Kier alpha value is -2.83. The summed E-state index contributed by atoms with van der Waals surface area (Å²) in [7, 11) is 0. The fourth-order valence-electron chi connectivity index (χ4n) is 1.70. The summed E-state index contributed by atoms with van der Waals surface area (Å²) < 4.78 is 27.1. The van der Waals surface area contributed by atoms with Crippen LogP contribution in [0.1, 0.15) is 15.9 Å². The van der Waals surface area contributed by atoms with Crippen LogP contribution in [0.2, 0.25) is 0 Å². The molecular weight excluding hydrogens is 270 g/mol. The normalized spacial score (nSPS) is 10.3. The van der Waals surface area contributed by atoms with Crippen molar-refractivity contribution in [1.82, 2.24) is 0 Å². The summed E-state index contributed by atoms with van der Waals surface area (Å²) in [4.78, 5) is 22.0. The average Bonchev–Trinajstić information content (AvgIpc) is 2.38. The number of nitrogens with two attached hydrogens (primary N) is 1. The van der Waals surface area contributed by atoms with E-state index >= 15 is 0 Å². The van der Waals surface area contributed by atoms with Gasteiger partial charge in [-0.3, -0.25) is 14.9 Å². The molecule has 0 fully saturated rings. The third-order valence-corrected chi connectivity index (χ3v) is 2.68. The van der Waals surface area contributed by atoms with Gasteiger partial charge in [0.1, 0.15) is 11.6 Å². The lowest BCUT2D eigenvalue weighted by atomic mass is 10.0. The molecule has 0 saturated carbocycles. The molecule has 0 aliphatic carbocycles. The van der Waals surface area contributed by atoms with E-state index in [1.165, 1.54) is 0 Å². The van der Waals surface area contributed by atoms with E-state index in [0.29, 0.717) is 0 Å². The number of carbonyl (C=O) groups excluding carboxylic acids is 1. The van der Waals surface area contributed by atoms with E-state index in [9.17, 15) is 23.7 Å². The zero-order valence-electron chi connectivity index (χ0n) is 9.97. The average molecular weight is 278 g/mol. The Kier molecular flexibility index (Phi) is 3.43. The number of benzene rings is 2. The highest BCUT2D eigenvalue weighted by Crippen LogP contribution is 2.24. The molecule has 2 rings (SSSR count). The molecule has 0 aliphatic heterocycles. The van der Waals surface area contributed by atoms with Crippen molar-refractivity contribution in [3.8, 4) is 0 Å². The van der Waals surface area contributed by atoms with E-state index in [-0.39, 0.29) is 16.9 Å². The standard InChI is InChI=1S/C13H8F2N2O3/c14-9-2-1-3-10(15)12(9)13(18)8-6-7(17(19)20)4-5-11(8)16/h1-6H,16H2. The number of nitrogen functional groups attached to an aromatic ring is 1. The van der Waals surface area contributed by atoms with Crippen LogP contribution in [0.3, 0.4) is 0 Å². The van der Waals surface area contributed by atoms with E-state index in [0.717, 1.165) is 36.4 Å². The fourth-order valence-corrected chi connectivity index (χ4v) is 1.70. The largest absolute Gasteiger partial charge is 0.398 e.